The van der Waals surface area contributed by atoms with E-state index in [4.69, 9.17) is 17.3 Å². The number of nitrogens with zero attached hydrogens (tertiary/aromatic N) is 4. The van der Waals surface area contributed by atoms with Crippen LogP contribution in [0.4, 0.5) is 11.6 Å². The Kier molecular flexibility index (Phi) is 2.63. The monoisotopic (exact) mass is 315 g/mol. The maximum absolute atomic E-state index is 6.26. The van der Waals surface area contributed by atoms with Crippen LogP contribution in [0.5, 0.6) is 0 Å². The van der Waals surface area contributed by atoms with E-state index in [2.05, 4.69) is 30.9 Å². The molecule has 2 aromatic rings. The predicted molar refractivity (Wildman–Crippen MR) is 71.6 cm³/mol. The molecule has 1 aliphatic rings. The van der Waals surface area contributed by atoms with Crippen LogP contribution in [0.2, 0.25) is 5.02 Å². The van der Waals surface area contributed by atoms with E-state index in [-0.39, 0.29) is 0 Å². The Morgan fingerprint density at radius 3 is 2.76 bits per heavy atom. The second-order valence-electron chi connectivity index (χ2n) is 4.06. The smallest absolute Gasteiger partial charge is 0.174 e. The van der Waals surface area contributed by atoms with E-state index in [1.54, 1.807) is 10.7 Å². The van der Waals surface area contributed by atoms with Crippen LogP contribution < -0.4 is 10.6 Å². The maximum Gasteiger partial charge on any atom is 0.174 e. The van der Waals surface area contributed by atoms with Crippen molar-refractivity contribution in [1.29, 1.82) is 0 Å². The Hall–Kier alpha value is -1.01. The van der Waals surface area contributed by atoms with Gasteiger partial charge in [0.2, 0.25) is 0 Å². The Balaban J connectivity index is 2.23. The zero-order valence-corrected chi connectivity index (χ0v) is 11.4. The van der Waals surface area contributed by atoms with Gasteiger partial charge < -0.3 is 10.6 Å². The van der Waals surface area contributed by atoms with Gasteiger partial charge in [0.25, 0.3) is 0 Å². The quantitative estimate of drug-likeness (QED) is 0.877. The number of nitrogen functional groups attached to an aromatic ring is 1. The SMILES string of the molecule is Nc1c(Cl)c(N2CCCC2)nc2c(Br)cnn12. The van der Waals surface area contributed by atoms with Crippen LogP contribution in [0.25, 0.3) is 5.65 Å². The molecular weight excluding hydrogens is 306 g/mol. The van der Waals surface area contributed by atoms with Gasteiger partial charge in [-0.25, -0.2) is 4.98 Å². The van der Waals surface area contributed by atoms with Gasteiger partial charge in [-0.05, 0) is 28.8 Å². The van der Waals surface area contributed by atoms with Gasteiger partial charge in [0.05, 0.1) is 10.7 Å². The van der Waals surface area contributed by atoms with Crippen LogP contribution in [0.1, 0.15) is 12.8 Å². The molecule has 1 saturated heterocycles. The highest BCUT2D eigenvalue weighted by Crippen LogP contribution is 2.33. The summed E-state index contributed by atoms with van der Waals surface area (Å²) in [6.07, 6.45) is 4.01. The number of halogens is 2. The lowest BCUT2D eigenvalue weighted by molar-refractivity contribution is 0.906. The van der Waals surface area contributed by atoms with Gasteiger partial charge in [-0.2, -0.15) is 9.61 Å². The van der Waals surface area contributed by atoms with E-state index >= 15 is 0 Å². The molecule has 5 nitrogen and oxygen atoms in total. The van der Waals surface area contributed by atoms with Gasteiger partial charge in [0.15, 0.2) is 11.5 Å². The summed E-state index contributed by atoms with van der Waals surface area (Å²) in [5, 5.41) is 4.61. The second kappa shape index (κ2) is 4.03. The van der Waals surface area contributed by atoms with Crippen LogP contribution in [0.3, 0.4) is 0 Å². The van der Waals surface area contributed by atoms with Crippen molar-refractivity contribution in [2.24, 2.45) is 0 Å². The third-order valence-electron chi connectivity index (χ3n) is 2.97. The van der Waals surface area contributed by atoms with E-state index < -0.39 is 0 Å². The van der Waals surface area contributed by atoms with Crippen molar-refractivity contribution >= 4 is 44.8 Å². The Labute approximate surface area is 112 Å². The average Bonchev–Trinajstić information content (AvgIpc) is 2.94. The molecule has 3 rings (SSSR count). The minimum absolute atomic E-state index is 0.435. The second-order valence-corrected chi connectivity index (χ2v) is 5.29. The van der Waals surface area contributed by atoms with Gasteiger partial charge in [0.1, 0.15) is 10.8 Å². The molecular formula is C10H11BrClN5. The average molecular weight is 317 g/mol. The summed E-state index contributed by atoms with van der Waals surface area (Å²) in [5.41, 5.74) is 6.68. The highest BCUT2D eigenvalue weighted by molar-refractivity contribution is 9.10. The van der Waals surface area contributed by atoms with E-state index in [1.165, 1.54) is 12.8 Å². The highest BCUT2D eigenvalue weighted by atomic mass is 79.9. The number of aromatic nitrogens is 3. The summed E-state index contributed by atoms with van der Waals surface area (Å²) in [6, 6.07) is 0. The number of hydrogen-bond acceptors (Lipinski definition) is 4. The van der Waals surface area contributed by atoms with Crippen molar-refractivity contribution < 1.29 is 0 Å². The molecule has 0 amide bonds. The fourth-order valence-corrected chi connectivity index (χ4v) is 2.68. The van der Waals surface area contributed by atoms with Crippen molar-refractivity contribution in [3.63, 3.8) is 0 Å². The summed E-state index contributed by atoms with van der Waals surface area (Å²) in [4.78, 5) is 6.71. The van der Waals surface area contributed by atoms with E-state index in [1.807, 2.05) is 0 Å². The van der Waals surface area contributed by atoms with E-state index in [9.17, 15) is 0 Å². The van der Waals surface area contributed by atoms with Gasteiger partial charge >= 0.3 is 0 Å². The molecule has 2 aromatic heterocycles. The number of hydrogen-bond donors (Lipinski definition) is 1. The molecule has 90 valence electrons. The maximum atomic E-state index is 6.26. The first kappa shape index (κ1) is 11.1. The Morgan fingerprint density at radius 2 is 2.06 bits per heavy atom. The molecule has 0 spiro atoms. The summed E-state index contributed by atoms with van der Waals surface area (Å²) >= 11 is 9.66. The summed E-state index contributed by atoms with van der Waals surface area (Å²) < 4.78 is 2.37. The standard InChI is InChI=1S/C10H11BrClN5/c11-6-5-14-17-8(13)7(12)10(15-9(6)17)16-3-1-2-4-16/h5H,1-4,13H2. The highest BCUT2D eigenvalue weighted by Gasteiger charge is 2.21. The third kappa shape index (κ3) is 1.66. The fourth-order valence-electron chi connectivity index (χ4n) is 2.09. The number of rotatable bonds is 1. The number of fused-ring (bicyclic) bond motifs is 1. The minimum atomic E-state index is 0.435. The topological polar surface area (TPSA) is 59.5 Å². The Bertz CT molecular complexity index is 576. The van der Waals surface area contributed by atoms with Crippen molar-refractivity contribution in [2.75, 3.05) is 23.7 Å². The third-order valence-corrected chi connectivity index (χ3v) is 3.89. The molecule has 0 unspecified atom stereocenters. The van der Waals surface area contributed by atoms with E-state index in [0.29, 0.717) is 16.5 Å². The Morgan fingerprint density at radius 1 is 1.35 bits per heavy atom. The van der Waals surface area contributed by atoms with Crippen molar-refractivity contribution in [3.8, 4) is 0 Å². The first-order chi connectivity index (χ1) is 8.18. The summed E-state index contributed by atoms with van der Waals surface area (Å²) in [7, 11) is 0. The molecule has 17 heavy (non-hydrogen) atoms. The van der Waals surface area contributed by atoms with Crippen LogP contribution >= 0.6 is 27.5 Å². The number of anilines is 2. The summed E-state index contributed by atoms with van der Waals surface area (Å²) in [5.74, 6) is 1.19. The zero-order valence-electron chi connectivity index (χ0n) is 9.03. The molecule has 3 heterocycles. The van der Waals surface area contributed by atoms with Crippen molar-refractivity contribution in [2.45, 2.75) is 12.8 Å². The first-order valence-corrected chi connectivity index (χ1v) is 6.58. The van der Waals surface area contributed by atoms with Gasteiger partial charge in [-0.1, -0.05) is 11.6 Å². The molecule has 0 atom stereocenters. The van der Waals surface area contributed by atoms with Crippen molar-refractivity contribution in [1.82, 2.24) is 14.6 Å². The molecule has 7 heteroatoms. The van der Waals surface area contributed by atoms with Crippen LogP contribution in [0.15, 0.2) is 10.7 Å². The van der Waals surface area contributed by atoms with E-state index in [0.717, 1.165) is 23.4 Å². The lowest BCUT2D eigenvalue weighted by Crippen LogP contribution is -2.20. The van der Waals surface area contributed by atoms with Gasteiger partial charge in [0, 0.05) is 13.1 Å². The first-order valence-electron chi connectivity index (χ1n) is 5.41. The largest absolute Gasteiger partial charge is 0.382 e. The normalized spacial score (nSPS) is 16.0. The molecule has 0 bridgehead atoms. The molecule has 2 N–H and O–H groups in total. The molecule has 0 aromatic carbocycles. The zero-order chi connectivity index (χ0) is 12.0. The molecule has 0 aliphatic carbocycles. The van der Waals surface area contributed by atoms with Crippen molar-refractivity contribution in [3.05, 3.63) is 15.7 Å². The molecule has 1 aliphatic heterocycles. The summed E-state index contributed by atoms with van der Waals surface area (Å²) in [6.45, 7) is 1.96. The lowest BCUT2D eigenvalue weighted by Gasteiger charge is -2.18. The van der Waals surface area contributed by atoms with Crippen LogP contribution in [-0.2, 0) is 0 Å². The molecule has 0 saturated carbocycles. The molecule has 1 fully saturated rings. The predicted octanol–water partition coefficient (Wildman–Crippen LogP) is 2.33. The van der Waals surface area contributed by atoms with Gasteiger partial charge in [-0.15, -0.1) is 0 Å². The number of nitrogens with two attached hydrogens (primary N) is 1. The lowest BCUT2D eigenvalue weighted by atomic mass is 10.4. The van der Waals surface area contributed by atoms with Crippen LogP contribution in [0, 0.1) is 0 Å². The fraction of sp³-hybridized carbons (Fsp3) is 0.400. The van der Waals surface area contributed by atoms with Gasteiger partial charge in [-0.3, -0.25) is 0 Å². The minimum Gasteiger partial charge on any atom is -0.382 e. The van der Waals surface area contributed by atoms with Crippen LogP contribution in [-0.4, -0.2) is 27.7 Å². The molecule has 0 radical (unpaired) electrons.